The van der Waals surface area contributed by atoms with Crippen LogP contribution >= 0.6 is 0 Å². The van der Waals surface area contributed by atoms with E-state index in [1.54, 1.807) is 4.68 Å². The zero-order valence-electron chi connectivity index (χ0n) is 11.6. The molecule has 1 aliphatic heterocycles. The molecule has 1 aromatic heterocycles. The van der Waals surface area contributed by atoms with Crippen LogP contribution in [0.25, 0.3) is 0 Å². The molecule has 1 aromatic rings. The number of hydrogen-bond acceptors (Lipinski definition) is 3. The van der Waals surface area contributed by atoms with E-state index in [4.69, 9.17) is 5.73 Å². The van der Waals surface area contributed by atoms with Crippen molar-refractivity contribution in [3.63, 3.8) is 0 Å². The lowest BCUT2D eigenvalue weighted by molar-refractivity contribution is 0.0774. The highest BCUT2D eigenvalue weighted by atomic mass is 16.2. The maximum Gasteiger partial charge on any atom is 0.274 e. The molecule has 0 aromatic carbocycles. The van der Waals surface area contributed by atoms with Gasteiger partial charge in [0, 0.05) is 19.6 Å². The SMILES string of the molecule is CCn1nc(C)c(N)c1C(=O)N1CC(C)C(C)C1. The summed E-state index contributed by atoms with van der Waals surface area (Å²) < 4.78 is 1.71. The first-order valence-corrected chi connectivity index (χ1v) is 6.57. The molecule has 5 heteroatoms. The Hall–Kier alpha value is -1.52. The number of likely N-dealkylation sites (tertiary alicyclic amines) is 1. The lowest BCUT2D eigenvalue weighted by Crippen LogP contribution is -2.31. The van der Waals surface area contributed by atoms with E-state index < -0.39 is 0 Å². The molecule has 5 nitrogen and oxygen atoms in total. The van der Waals surface area contributed by atoms with Crippen molar-refractivity contribution >= 4 is 11.6 Å². The molecule has 0 aliphatic carbocycles. The van der Waals surface area contributed by atoms with E-state index in [9.17, 15) is 4.79 Å². The second kappa shape index (κ2) is 4.63. The smallest absolute Gasteiger partial charge is 0.274 e. The monoisotopic (exact) mass is 250 g/mol. The fourth-order valence-corrected chi connectivity index (χ4v) is 2.50. The highest BCUT2D eigenvalue weighted by molar-refractivity contribution is 5.98. The van der Waals surface area contributed by atoms with Crippen molar-refractivity contribution in [2.24, 2.45) is 11.8 Å². The molecule has 2 unspecified atom stereocenters. The van der Waals surface area contributed by atoms with E-state index in [-0.39, 0.29) is 5.91 Å². The third kappa shape index (κ3) is 1.98. The summed E-state index contributed by atoms with van der Waals surface area (Å²) in [5.74, 6) is 1.12. The predicted molar refractivity (Wildman–Crippen MR) is 71.3 cm³/mol. The Balaban J connectivity index is 2.29. The Morgan fingerprint density at radius 3 is 2.44 bits per heavy atom. The van der Waals surface area contributed by atoms with Crippen LogP contribution in [0.15, 0.2) is 0 Å². The fourth-order valence-electron chi connectivity index (χ4n) is 2.50. The molecule has 18 heavy (non-hydrogen) atoms. The standard InChI is InChI=1S/C13H22N4O/c1-5-17-12(11(14)10(4)15-17)13(18)16-6-8(2)9(3)7-16/h8-9H,5-7,14H2,1-4H3. The van der Waals surface area contributed by atoms with Crippen LogP contribution in [0, 0.1) is 18.8 Å². The highest BCUT2D eigenvalue weighted by Gasteiger charge is 2.32. The minimum atomic E-state index is 0.0196. The van der Waals surface area contributed by atoms with Gasteiger partial charge in [0.15, 0.2) is 0 Å². The van der Waals surface area contributed by atoms with Gasteiger partial charge in [-0.2, -0.15) is 5.10 Å². The summed E-state index contributed by atoms with van der Waals surface area (Å²) in [6, 6.07) is 0. The molecule has 2 rings (SSSR count). The van der Waals surface area contributed by atoms with Crippen LogP contribution in [0.2, 0.25) is 0 Å². The highest BCUT2D eigenvalue weighted by Crippen LogP contribution is 2.26. The molecule has 100 valence electrons. The molecular formula is C13H22N4O. The van der Waals surface area contributed by atoms with Crippen molar-refractivity contribution in [1.29, 1.82) is 0 Å². The Kier molecular flexibility index (Phi) is 3.32. The van der Waals surface area contributed by atoms with Gasteiger partial charge in [0.05, 0.1) is 11.4 Å². The van der Waals surface area contributed by atoms with E-state index in [0.717, 1.165) is 18.8 Å². The van der Waals surface area contributed by atoms with Gasteiger partial charge in [0.1, 0.15) is 5.69 Å². The molecular weight excluding hydrogens is 228 g/mol. The van der Waals surface area contributed by atoms with Gasteiger partial charge in [0.2, 0.25) is 0 Å². The van der Waals surface area contributed by atoms with Crippen LogP contribution in [0.3, 0.4) is 0 Å². The first-order chi connectivity index (χ1) is 8.45. The largest absolute Gasteiger partial charge is 0.395 e. The van der Waals surface area contributed by atoms with Crippen molar-refractivity contribution in [2.45, 2.75) is 34.2 Å². The Labute approximate surface area is 108 Å². The van der Waals surface area contributed by atoms with Gasteiger partial charge in [-0.15, -0.1) is 0 Å². The van der Waals surface area contributed by atoms with Gasteiger partial charge < -0.3 is 10.6 Å². The summed E-state index contributed by atoms with van der Waals surface area (Å²) in [5, 5.41) is 4.30. The van der Waals surface area contributed by atoms with Gasteiger partial charge in [-0.25, -0.2) is 0 Å². The Morgan fingerprint density at radius 2 is 1.94 bits per heavy atom. The summed E-state index contributed by atoms with van der Waals surface area (Å²) in [6.07, 6.45) is 0. The number of amides is 1. The summed E-state index contributed by atoms with van der Waals surface area (Å²) in [4.78, 5) is 14.4. The number of aryl methyl sites for hydroxylation is 2. The van der Waals surface area contributed by atoms with Gasteiger partial charge in [-0.1, -0.05) is 13.8 Å². The number of nitrogen functional groups attached to an aromatic ring is 1. The van der Waals surface area contributed by atoms with Gasteiger partial charge in [-0.3, -0.25) is 9.48 Å². The molecule has 2 N–H and O–H groups in total. The second-order valence-corrected chi connectivity index (χ2v) is 5.33. The van der Waals surface area contributed by atoms with Crippen molar-refractivity contribution < 1.29 is 4.79 Å². The zero-order valence-corrected chi connectivity index (χ0v) is 11.6. The molecule has 0 spiro atoms. The van der Waals surface area contributed by atoms with E-state index in [1.807, 2.05) is 18.7 Å². The summed E-state index contributed by atoms with van der Waals surface area (Å²) >= 11 is 0. The molecule has 1 saturated heterocycles. The topological polar surface area (TPSA) is 64.2 Å². The van der Waals surface area contributed by atoms with Crippen LogP contribution in [0.4, 0.5) is 5.69 Å². The predicted octanol–water partition coefficient (Wildman–Crippen LogP) is 1.52. The third-order valence-electron chi connectivity index (χ3n) is 3.95. The number of nitrogens with two attached hydrogens (primary N) is 1. The van der Waals surface area contributed by atoms with E-state index in [1.165, 1.54) is 0 Å². The maximum absolute atomic E-state index is 12.5. The molecule has 2 heterocycles. The number of anilines is 1. The fraction of sp³-hybridized carbons (Fsp3) is 0.692. The normalized spacial score (nSPS) is 23.7. The first kappa shape index (κ1) is 12.9. The van der Waals surface area contributed by atoms with Crippen LogP contribution in [0.1, 0.15) is 37.0 Å². The van der Waals surface area contributed by atoms with Crippen LogP contribution in [-0.2, 0) is 6.54 Å². The van der Waals surface area contributed by atoms with Gasteiger partial charge in [0.25, 0.3) is 5.91 Å². The Bertz CT molecular complexity index is 456. The molecule has 0 radical (unpaired) electrons. The Morgan fingerprint density at radius 1 is 1.39 bits per heavy atom. The lowest BCUT2D eigenvalue weighted by atomic mass is 10.0. The van der Waals surface area contributed by atoms with Gasteiger partial charge in [-0.05, 0) is 25.7 Å². The molecule has 2 atom stereocenters. The average Bonchev–Trinajstić information content (AvgIpc) is 2.81. The zero-order chi connectivity index (χ0) is 13.4. The number of carbonyl (C=O) groups excluding carboxylic acids is 1. The van der Waals surface area contributed by atoms with E-state index >= 15 is 0 Å². The number of nitrogens with zero attached hydrogens (tertiary/aromatic N) is 3. The number of rotatable bonds is 2. The van der Waals surface area contributed by atoms with Gasteiger partial charge >= 0.3 is 0 Å². The summed E-state index contributed by atoms with van der Waals surface area (Å²) in [5.41, 5.74) is 7.80. The summed E-state index contributed by atoms with van der Waals surface area (Å²) in [6.45, 7) is 10.5. The van der Waals surface area contributed by atoms with Crippen molar-refractivity contribution in [2.75, 3.05) is 18.8 Å². The lowest BCUT2D eigenvalue weighted by Gasteiger charge is -2.17. The average molecular weight is 250 g/mol. The van der Waals surface area contributed by atoms with Crippen LogP contribution < -0.4 is 5.73 Å². The quantitative estimate of drug-likeness (QED) is 0.865. The number of hydrogen-bond donors (Lipinski definition) is 1. The second-order valence-electron chi connectivity index (χ2n) is 5.33. The van der Waals surface area contributed by atoms with Crippen LogP contribution in [0.5, 0.6) is 0 Å². The molecule has 1 amide bonds. The minimum absolute atomic E-state index is 0.0196. The van der Waals surface area contributed by atoms with Crippen LogP contribution in [-0.4, -0.2) is 33.7 Å². The molecule has 1 fully saturated rings. The van der Waals surface area contributed by atoms with E-state index in [2.05, 4.69) is 18.9 Å². The first-order valence-electron chi connectivity index (χ1n) is 6.57. The summed E-state index contributed by atoms with van der Waals surface area (Å²) in [7, 11) is 0. The van der Waals surface area contributed by atoms with Crippen molar-refractivity contribution in [1.82, 2.24) is 14.7 Å². The number of aromatic nitrogens is 2. The minimum Gasteiger partial charge on any atom is -0.395 e. The molecule has 1 aliphatic rings. The van der Waals surface area contributed by atoms with Crippen molar-refractivity contribution in [3.05, 3.63) is 11.4 Å². The molecule has 0 saturated carbocycles. The van der Waals surface area contributed by atoms with E-state index in [0.29, 0.717) is 29.8 Å². The molecule has 0 bridgehead atoms. The third-order valence-corrected chi connectivity index (χ3v) is 3.95. The maximum atomic E-state index is 12.5. The number of carbonyl (C=O) groups is 1. The van der Waals surface area contributed by atoms with Crippen molar-refractivity contribution in [3.8, 4) is 0 Å².